The first-order chi connectivity index (χ1) is 15.3. The van der Waals surface area contributed by atoms with E-state index in [1.165, 1.54) is 30.3 Å². The molecule has 1 aromatic heterocycles. The van der Waals surface area contributed by atoms with Crippen molar-refractivity contribution in [3.63, 3.8) is 0 Å². The lowest BCUT2D eigenvalue weighted by molar-refractivity contribution is -0.384. The van der Waals surface area contributed by atoms with Gasteiger partial charge in [0.05, 0.1) is 29.5 Å². The van der Waals surface area contributed by atoms with Gasteiger partial charge in [0.1, 0.15) is 11.3 Å². The number of carbonyl (C=O) groups is 2. The predicted molar refractivity (Wildman–Crippen MR) is 117 cm³/mol. The van der Waals surface area contributed by atoms with Crippen molar-refractivity contribution < 1.29 is 24.4 Å². The molecular formula is C22H20N4O6. The summed E-state index contributed by atoms with van der Waals surface area (Å²) in [6.45, 7) is 1.81. The quantitative estimate of drug-likeness (QED) is 0.219. The first kappa shape index (κ1) is 22.2. The number of para-hydroxylation sites is 1. The van der Waals surface area contributed by atoms with Crippen LogP contribution in [0.2, 0.25) is 0 Å². The van der Waals surface area contributed by atoms with E-state index >= 15 is 0 Å². The van der Waals surface area contributed by atoms with E-state index in [1.807, 2.05) is 13.0 Å². The molecule has 32 heavy (non-hydrogen) atoms. The number of amides is 1. The summed E-state index contributed by atoms with van der Waals surface area (Å²) in [6, 6.07) is 13.2. The Bertz CT molecular complexity index is 1170. The Hall–Kier alpha value is -4.47. The fourth-order valence-corrected chi connectivity index (χ4v) is 3.00. The number of carbonyl (C=O) groups excluding carboxylic acids is 2. The second-order valence-corrected chi connectivity index (χ2v) is 6.76. The number of nitrogens with one attached hydrogen (secondary N) is 2. The number of rotatable bonds is 7. The fourth-order valence-electron chi connectivity index (χ4n) is 3.00. The van der Waals surface area contributed by atoms with Crippen molar-refractivity contribution in [1.82, 2.24) is 4.98 Å². The molecule has 0 bridgehead atoms. The highest BCUT2D eigenvalue weighted by molar-refractivity contribution is 6.07. The van der Waals surface area contributed by atoms with E-state index in [0.29, 0.717) is 5.69 Å². The molecule has 3 aromatic rings. The van der Waals surface area contributed by atoms with E-state index in [1.54, 1.807) is 18.3 Å². The minimum Gasteiger partial charge on any atom is -0.505 e. The number of ether oxygens (including phenoxy) is 1. The van der Waals surface area contributed by atoms with Crippen LogP contribution < -0.4 is 10.6 Å². The normalized spacial score (nSPS) is 11.3. The number of pyridine rings is 1. The SMILES string of the molecule is COC(=O)c1cccc(NC(=O)c2ccc(NC(C)c3ccccn3)c([N+](=O)[O-])c2)c1O. The molecule has 1 unspecified atom stereocenters. The highest BCUT2D eigenvalue weighted by Crippen LogP contribution is 2.31. The number of nitro groups is 1. The Morgan fingerprint density at radius 3 is 2.56 bits per heavy atom. The lowest BCUT2D eigenvalue weighted by atomic mass is 10.1. The minimum absolute atomic E-state index is 0.00406. The van der Waals surface area contributed by atoms with Gasteiger partial charge in [0.2, 0.25) is 0 Å². The molecule has 0 aliphatic rings. The lowest BCUT2D eigenvalue weighted by Gasteiger charge is -2.15. The standard InChI is InChI=1S/C22H20N4O6/c1-13(16-7-3-4-11-23-16)24-17-10-9-14(12-19(17)26(30)31)21(28)25-18-8-5-6-15(20(18)27)22(29)32-2/h3-13,24,27H,1-2H3,(H,25,28). The number of phenolic OH excluding ortho intramolecular Hbond substituents is 1. The van der Waals surface area contributed by atoms with E-state index in [2.05, 4.69) is 20.4 Å². The van der Waals surface area contributed by atoms with Crippen LogP contribution in [0.15, 0.2) is 60.8 Å². The van der Waals surface area contributed by atoms with Gasteiger partial charge in [-0.2, -0.15) is 0 Å². The first-order valence-electron chi connectivity index (χ1n) is 9.49. The number of hydrogen-bond donors (Lipinski definition) is 3. The monoisotopic (exact) mass is 436 g/mol. The number of anilines is 2. The molecule has 10 heteroatoms. The number of benzene rings is 2. The van der Waals surface area contributed by atoms with E-state index in [9.17, 15) is 24.8 Å². The van der Waals surface area contributed by atoms with Crippen molar-refractivity contribution in [2.24, 2.45) is 0 Å². The predicted octanol–water partition coefficient (Wildman–Crippen LogP) is 3.91. The van der Waals surface area contributed by atoms with E-state index in [-0.39, 0.29) is 34.2 Å². The van der Waals surface area contributed by atoms with Crippen molar-refractivity contribution in [2.75, 3.05) is 17.7 Å². The highest BCUT2D eigenvalue weighted by atomic mass is 16.6. The zero-order valence-corrected chi connectivity index (χ0v) is 17.2. The summed E-state index contributed by atoms with van der Waals surface area (Å²) in [5.41, 5.74) is 0.458. The summed E-state index contributed by atoms with van der Waals surface area (Å²) in [4.78, 5) is 39.6. The maximum atomic E-state index is 12.7. The molecule has 0 radical (unpaired) electrons. The minimum atomic E-state index is -0.772. The van der Waals surface area contributed by atoms with Gasteiger partial charge in [0.15, 0.2) is 5.75 Å². The van der Waals surface area contributed by atoms with Gasteiger partial charge in [-0.3, -0.25) is 19.9 Å². The summed E-state index contributed by atoms with van der Waals surface area (Å²) in [5, 5.41) is 27.3. The Labute approximate surface area is 183 Å². The largest absolute Gasteiger partial charge is 0.505 e. The molecule has 0 fully saturated rings. The van der Waals surface area contributed by atoms with Crippen molar-refractivity contribution in [3.8, 4) is 5.75 Å². The number of methoxy groups -OCH3 is 1. The zero-order chi connectivity index (χ0) is 23.3. The molecule has 0 aliphatic heterocycles. The molecule has 1 amide bonds. The van der Waals surface area contributed by atoms with Crippen molar-refractivity contribution in [2.45, 2.75) is 13.0 Å². The fraction of sp³-hybridized carbons (Fsp3) is 0.136. The number of phenols is 1. The number of hydrogen-bond acceptors (Lipinski definition) is 8. The second-order valence-electron chi connectivity index (χ2n) is 6.76. The Balaban J connectivity index is 1.85. The highest BCUT2D eigenvalue weighted by Gasteiger charge is 2.21. The van der Waals surface area contributed by atoms with E-state index < -0.39 is 22.5 Å². The van der Waals surface area contributed by atoms with E-state index in [4.69, 9.17) is 0 Å². The molecule has 3 N–H and O–H groups in total. The summed E-state index contributed by atoms with van der Waals surface area (Å²) < 4.78 is 4.58. The van der Waals surface area contributed by atoms with Crippen molar-refractivity contribution in [3.05, 3.63) is 87.7 Å². The van der Waals surface area contributed by atoms with Crippen LogP contribution in [0.25, 0.3) is 0 Å². The van der Waals surface area contributed by atoms with Crippen molar-refractivity contribution in [1.29, 1.82) is 0 Å². The van der Waals surface area contributed by atoms with Gasteiger partial charge in [-0.25, -0.2) is 4.79 Å². The Morgan fingerprint density at radius 1 is 1.12 bits per heavy atom. The van der Waals surface area contributed by atoms with Crippen LogP contribution in [0, 0.1) is 10.1 Å². The summed E-state index contributed by atoms with van der Waals surface area (Å²) in [6.07, 6.45) is 1.62. The summed E-state index contributed by atoms with van der Waals surface area (Å²) in [5.74, 6) is -1.94. The summed E-state index contributed by atoms with van der Waals surface area (Å²) >= 11 is 0. The van der Waals surface area contributed by atoms with Crippen LogP contribution in [0.3, 0.4) is 0 Å². The molecule has 10 nitrogen and oxygen atoms in total. The van der Waals surface area contributed by atoms with Crippen LogP contribution >= 0.6 is 0 Å². The topological polar surface area (TPSA) is 144 Å². The van der Waals surface area contributed by atoms with Gasteiger partial charge < -0.3 is 20.5 Å². The molecule has 2 aromatic carbocycles. The average Bonchev–Trinajstić information content (AvgIpc) is 2.80. The number of nitrogens with zero attached hydrogens (tertiary/aromatic N) is 2. The number of esters is 1. The van der Waals surface area contributed by atoms with Crippen molar-refractivity contribution >= 4 is 28.9 Å². The van der Waals surface area contributed by atoms with Crippen LogP contribution in [0.4, 0.5) is 17.1 Å². The molecule has 0 saturated carbocycles. The van der Waals surface area contributed by atoms with Gasteiger partial charge in [0, 0.05) is 17.8 Å². The molecule has 3 rings (SSSR count). The summed E-state index contributed by atoms with van der Waals surface area (Å²) in [7, 11) is 1.16. The second kappa shape index (κ2) is 9.56. The van der Waals surface area contributed by atoms with Crippen LogP contribution in [0.5, 0.6) is 5.75 Å². The number of aromatic nitrogens is 1. The van der Waals surface area contributed by atoms with Gasteiger partial charge in [-0.05, 0) is 43.3 Å². The smallest absolute Gasteiger partial charge is 0.341 e. The van der Waals surface area contributed by atoms with Crippen LogP contribution in [-0.4, -0.2) is 34.0 Å². The van der Waals surface area contributed by atoms with E-state index in [0.717, 1.165) is 13.2 Å². The average molecular weight is 436 g/mol. The maximum absolute atomic E-state index is 12.7. The third-order valence-corrected chi connectivity index (χ3v) is 4.65. The Morgan fingerprint density at radius 2 is 1.91 bits per heavy atom. The zero-order valence-electron chi connectivity index (χ0n) is 17.2. The molecule has 1 atom stereocenters. The van der Waals surface area contributed by atoms with Gasteiger partial charge in [-0.1, -0.05) is 12.1 Å². The number of nitro benzene ring substituents is 1. The lowest BCUT2D eigenvalue weighted by Crippen LogP contribution is -2.14. The maximum Gasteiger partial charge on any atom is 0.341 e. The van der Waals surface area contributed by atoms with Gasteiger partial charge in [-0.15, -0.1) is 0 Å². The third-order valence-electron chi connectivity index (χ3n) is 4.65. The molecular weight excluding hydrogens is 416 g/mol. The molecule has 1 heterocycles. The van der Waals surface area contributed by atoms with Crippen LogP contribution in [-0.2, 0) is 4.74 Å². The molecule has 0 saturated heterocycles. The molecule has 0 spiro atoms. The third kappa shape index (κ3) is 4.81. The molecule has 0 aliphatic carbocycles. The molecule has 164 valence electrons. The van der Waals surface area contributed by atoms with Gasteiger partial charge in [0.25, 0.3) is 11.6 Å². The number of aromatic hydroxyl groups is 1. The van der Waals surface area contributed by atoms with Gasteiger partial charge >= 0.3 is 5.97 Å². The first-order valence-corrected chi connectivity index (χ1v) is 9.49. The Kier molecular flexibility index (Phi) is 6.64. The van der Waals surface area contributed by atoms with Crippen LogP contribution in [0.1, 0.15) is 39.4 Å².